The molecule has 38 heavy (non-hydrogen) atoms. The summed E-state index contributed by atoms with van der Waals surface area (Å²) in [6.45, 7) is 4.02. The molecule has 1 heterocycles. The SMILES string of the molecule is Cc1ccc(N2C(=O)C(=Cc3c4ccccc4cc4ccccc34)C(=O)N(c3ccccc3)C2=S)cc1C. The molecular formula is C33H24N2O2S. The van der Waals surface area contributed by atoms with E-state index in [-0.39, 0.29) is 10.7 Å². The second-order valence-electron chi connectivity index (χ2n) is 9.46. The van der Waals surface area contributed by atoms with Gasteiger partial charge >= 0.3 is 0 Å². The van der Waals surface area contributed by atoms with Gasteiger partial charge in [-0.1, -0.05) is 72.8 Å². The lowest BCUT2D eigenvalue weighted by Crippen LogP contribution is -2.57. The molecule has 1 saturated heterocycles. The quantitative estimate of drug-likeness (QED) is 0.110. The first-order valence-corrected chi connectivity index (χ1v) is 12.8. The topological polar surface area (TPSA) is 40.6 Å². The molecule has 184 valence electrons. The van der Waals surface area contributed by atoms with Gasteiger partial charge in [-0.3, -0.25) is 19.4 Å². The summed E-state index contributed by atoms with van der Waals surface area (Å²) >= 11 is 5.80. The molecule has 0 N–H and O–H groups in total. The number of fused-ring (bicyclic) bond motifs is 2. The summed E-state index contributed by atoms with van der Waals surface area (Å²) in [6.07, 6.45) is 1.74. The molecule has 0 aromatic heterocycles. The monoisotopic (exact) mass is 512 g/mol. The van der Waals surface area contributed by atoms with E-state index in [0.29, 0.717) is 11.4 Å². The summed E-state index contributed by atoms with van der Waals surface area (Å²) in [5.74, 6) is -0.879. The fraction of sp³-hybridized carbons (Fsp3) is 0.0606. The van der Waals surface area contributed by atoms with Gasteiger partial charge in [0.15, 0.2) is 5.11 Å². The minimum absolute atomic E-state index is 0.0576. The van der Waals surface area contributed by atoms with Gasteiger partial charge < -0.3 is 0 Å². The van der Waals surface area contributed by atoms with E-state index in [1.54, 1.807) is 6.08 Å². The Bertz CT molecular complexity index is 1750. The fourth-order valence-electron chi connectivity index (χ4n) is 4.98. The van der Waals surface area contributed by atoms with E-state index in [1.807, 2.05) is 111 Å². The van der Waals surface area contributed by atoms with Crippen molar-refractivity contribution in [3.63, 3.8) is 0 Å². The maximum Gasteiger partial charge on any atom is 0.270 e. The van der Waals surface area contributed by atoms with E-state index >= 15 is 0 Å². The summed E-state index contributed by atoms with van der Waals surface area (Å²) in [7, 11) is 0. The molecule has 0 unspecified atom stereocenters. The third kappa shape index (κ3) is 3.88. The van der Waals surface area contributed by atoms with Crippen LogP contribution in [-0.4, -0.2) is 16.9 Å². The van der Waals surface area contributed by atoms with Gasteiger partial charge in [-0.2, -0.15) is 0 Å². The number of carbonyl (C=O) groups is 2. The van der Waals surface area contributed by atoms with Gasteiger partial charge in [0.05, 0.1) is 11.4 Å². The summed E-state index contributed by atoms with van der Waals surface area (Å²) in [6, 6.07) is 33.2. The van der Waals surface area contributed by atoms with Crippen molar-refractivity contribution in [2.45, 2.75) is 13.8 Å². The first-order chi connectivity index (χ1) is 18.4. The molecule has 1 aliphatic heterocycles. The maximum atomic E-state index is 14.1. The van der Waals surface area contributed by atoms with Gasteiger partial charge in [-0.25, -0.2) is 0 Å². The van der Waals surface area contributed by atoms with Crippen LogP contribution in [-0.2, 0) is 9.59 Å². The van der Waals surface area contributed by atoms with Gasteiger partial charge in [0.25, 0.3) is 11.8 Å². The molecule has 0 radical (unpaired) electrons. The van der Waals surface area contributed by atoms with Crippen molar-refractivity contribution in [3.05, 3.63) is 125 Å². The van der Waals surface area contributed by atoms with Crippen LogP contribution in [0, 0.1) is 13.8 Å². The molecule has 6 rings (SSSR count). The highest BCUT2D eigenvalue weighted by Gasteiger charge is 2.41. The molecule has 5 aromatic rings. The third-order valence-electron chi connectivity index (χ3n) is 7.11. The summed E-state index contributed by atoms with van der Waals surface area (Å²) in [5.41, 5.74) is 4.27. The molecule has 5 heteroatoms. The highest BCUT2D eigenvalue weighted by Crippen LogP contribution is 2.34. The van der Waals surface area contributed by atoms with E-state index in [9.17, 15) is 9.59 Å². The Morgan fingerprint density at radius 1 is 0.605 bits per heavy atom. The number of carbonyl (C=O) groups excluding carboxylic acids is 2. The van der Waals surface area contributed by atoms with Crippen LogP contribution in [0.5, 0.6) is 0 Å². The first kappa shape index (κ1) is 23.8. The second kappa shape index (κ2) is 9.36. The van der Waals surface area contributed by atoms with Crippen LogP contribution < -0.4 is 9.80 Å². The smallest absolute Gasteiger partial charge is 0.268 e. The minimum atomic E-state index is -0.441. The molecule has 1 aliphatic rings. The number of amides is 2. The average molecular weight is 513 g/mol. The number of rotatable bonds is 3. The highest BCUT2D eigenvalue weighted by molar-refractivity contribution is 7.81. The molecular weight excluding hydrogens is 488 g/mol. The lowest BCUT2D eigenvalue weighted by atomic mass is 9.94. The molecule has 1 fully saturated rings. The van der Waals surface area contributed by atoms with Crippen LogP contribution in [0.15, 0.2) is 109 Å². The van der Waals surface area contributed by atoms with Gasteiger partial charge in [0, 0.05) is 0 Å². The summed E-state index contributed by atoms with van der Waals surface area (Å²) in [5, 5.41) is 4.15. The van der Waals surface area contributed by atoms with Gasteiger partial charge in [-0.15, -0.1) is 0 Å². The Morgan fingerprint density at radius 2 is 1.16 bits per heavy atom. The van der Waals surface area contributed by atoms with Crippen molar-refractivity contribution in [2.24, 2.45) is 0 Å². The number of para-hydroxylation sites is 1. The molecule has 0 saturated carbocycles. The molecule has 0 bridgehead atoms. The standard InChI is InChI=1S/C33H24N2O2S/c1-21-16-17-26(18-22(21)2)35-32(37)30(31(36)34(33(35)38)25-12-4-3-5-13-25)20-29-27-14-8-6-10-23(27)19-24-11-7-9-15-28(24)29/h3-20H,1-2H3. The zero-order valence-corrected chi connectivity index (χ0v) is 21.8. The number of anilines is 2. The van der Waals surface area contributed by atoms with E-state index in [0.717, 1.165) is 38.2 Å². The fourth-order valence-corrected chi connectivity index (χ4v) is 5.35. The Kier molecular flexibility index (Phi) is 5.86. The number of nitrogens with zero attached hydrogens (tertiary/aromatic N) is 2. The number of hydrogen-bond acceptors (Lipinski definition) is 3. The lowest BCUT2D eigenvalue weighted by molar-refractivity contribution is -0.120. The van der Waals surface area contributed by atoms with Crippen LogP contribution in [0.2, 0.25) is 0 Å². The Hall–Kier alpha value is -4.61. The number of thiocarbonyl (C=S) groups is 1. The molecule has 4 nitrogen and oxygen atoms in total. The lowest BCUT2D eigenvalue weighted by Gasteiger charge is -2.36. The largest absolute Gasteiger partial charge is 0.270 e. The minimum Gasteiger partial charge on any atom is -0.268 e. The normalized spacial score (nSPS) is 15.2. The van der Waals surface area contributed by atoms with E-state index in [1.165, 1.54) is 9.80 Å². The Morgan fingerprint density at radius 3 is 1.76 bits per heavy atom. The van der Waals surface area contributed by atoms with Gasteiger partial charge in [0.1, 0.15) is 5.57 Å². The average Bonchev–Trinajstić information content (AvgIpc) is 2.93. The molecule has 5 aromatic carbocycles. The maximum absolute atomic E-state index is 14.1. The van der Waals surface area contributed by atoms with E-state index in [4.69, 9.17) is 12.2 Å². The van der Waals surface area contributed by atoms with Crippen molar-refractivity contribution in [1.82, 2.24) is 0 Å². The number of benzene rings is 5. The Balaban J connectivity index is 1.62. The van der Waals surface area contributed by atoms with Crippen molar-refractivity contribution in [3.8, 4) is 0 Å². The van der Waals surface area contributed by atoms with Crippen LogP contribution in [0.1, 0.15) is 16.7 Å². The van der Waals surface area contributed by atoms with Crippen LogP contribution in [0.25, 0.3) is 27.6 Å². The number of aryl methyl sites for hydroxylation is 2. The van der Waals surface area contributed by atoms with Crippen molar-refractivity contribution >= 4 is 68.1 Å². The number of hydrogen-bond donors (Lipinski definition) is 0. The Labute approximate surface area is 226 Å². The summed E-state index contributed by atoms with van der Waals surface area (Å²) < 4.78 is 0. The van der Waals surface area contributed by atoms with Crippen molar-refractivity contribution in [1.29, 1.82) is 0 Å². The van der Waals surface area contributed by atoms with Crippen LogP contribution in [0.4, 0.5) is 11.4 Å². The molecule has 0 spiro atoms. The second-order valence-corrected chi connectivity index (χ2v) is 9.82. The van der Waals surface area contributed by atoms with Gasteiger partial charge in [0.2, 0.25) is 0 Å². The van der Waals surface area contributed by atoms with Crippen LogP contribution >= 0.6 is 12.2 Å². The van der Waals surface area contributed by atoms with Crippen LogP contribution in [0.3, 0.4) is 0 Å². The molecule has 2 amide bonds. The van der Waals surface area contributed by atoms with Gasteiger partial charge in [-0.05, 0) is 101 Å². The molecule has 0 atom stereocenters. The zero-order chi connectivity index (χ0) is 26.4. The van der Waals surface area contributed by atoms with Crippen molar-refractivity contribution < 1.29 is 9.59 Å². The highest BCUT2D eigenvalue weighted by atomic mass is 32.1. The first-order valence-electron chi connectivity index (χ1n) is 12.4. The predicted octanol–water partition coefficient (Wildman–Crippen LogP) is 7.36. The van der Waals surface area contributed by atoms with Crippen molar-refractivity contribution in [2.75, 3.05) is 9.80 Å². The zero-order valence-electron chi connectivity index (χ0n) is 21.0. The van der Waals surface area contributed by atoms with E-state index in [2.05, 4.69) is 6.07 Å². The van der Waals surface area contributed by atoms with E-state index < -0.39 is 11.8 Å². The third-order valence-corrected chi connectivity index (χ3v) is 7.48. The molecule has 0 aliphatic carbocycles. The summed E-state index contributed by atoms with van der Waals surface area (Å²) in [4.78, 5) is 31.1. The predicted molar refractivity (Wildman–Crippen MR) is 159 cm³/mol.